The molecule has 0 aliphatic heterocycles. The molecular weight excluding hydrogens is 254 g/mol. The smallest absolute Gasteiger partial charge is 0.353 e. The van der Waals surface area contributed by atoms with Gasteiger partial charge in [-0.3, -0.25) is 10.3 Å². The number of hydrogen-bond acceptors (Lipinski definition) is 3. The zero-order chi connectivity index (χ0) is 15.2. The van der Waals surface area contributed by atoms with Gasteiger partial charge in [-0.2, -0.15) is 0 Å². The average molecular weight is 275 g/mol. The highest BCUT2D eigenvalue weighted by Crippen LogP contribution is 2.23. The third-order valence-corrected chi connectivity index (χ3v) is 2.70. The van der Waals surface area contributed by atoms with E-state index >= 15 is 0 Å². The van der Waals surface area contributed by atoms with E-state index in [4.69, 9.17) is 9.94 Å². The largest absolute Gasteiger partial charge is 0.477 e. The molecule has 0 amide bonds. The van der Waals surface area contributed by atoms with Crippen molar-refractivity contribution in [2.75, 3.05) is 6.61 Å². The van der Waals surface area contributed by atoms with Crippen LogP contribution in [0.5, 0.6) is 0 Å². The molecule has 0 fully saturated rings. The molecule has 20 heavy (non-hydrogen) atoms. The average Bonchev–Trinajstić information content (AvgIpc) is 2.37. The lowest BCUT2D eigenvalue weighted by atomic mass is 9.86. The van der Waals surface area contributed by atoms with Crippen LogP contribution in [-0.2, 0) is 15.0 Å². The fourth-order valence-electron chi connectivity index (χ4n) is 1.51. The number of hydroxylamine groups is 1. The molecule has 4 heteroatoms. The first-order valence-corrected chi connectivity index (χ1v) is 6.38. The van der Waals surface area contributed by atoms with Gasteiger partial charge in [-0.1, -0.05) is 63.8 Å². The first-order valence-electron chi connectivity index (χ1n) is 6.38. The molecule has 0 saturated carbocycles. The Bertz CT molecular complexity index is 513. The van der Waals surface area contributed by atoms with Crippen LogP contribution < -0.4 is 5.48 Å². The van der Waals surface area contributed by atoms with Gasteiger partial charge in [0, 0.05) is 0 Å². The Balaban J connectivity index is 2.51. The number of nitrogens with one attached hydrogen (secondary N) is 1. The van der Waals surface area contributed by atoms with Gasteiger partial charge in [0.1, 0.15) is 5.70 Å². The summed E-state index contributed by atoms with van der Waals surface area (Å²) in [5.74, 6) is -1.13. The van der Waals surface area contributed by atoms with E-state index in [2.05, 4.69) is 45.0 Å². The second kappa shape index (κ2) is 6.91. The van der Waals surface area contributed by atoms with Gasteiger partial charge in [0.15, 0.2) is 0 Å². The van der Waals surface area contributed by atoms with E-state index in [1.54, 1.807) is 0 Å². The zero-order valence-electron chi connectivity index (χ0n) is 12.1. The molecule has 4 nitrogen and oxygen atoms in total. The summed E-state index contributed by atoms with van der Waals surface area (Å²) in [6, 6.07) is 8.26. The van der Waals surface area contributed by atoms with E-state index in [-0.39, 0.29) is 17.7 Å². The number of hydrogen-bond donors (Lipinski definition) is 2. The van der Waals surface area contributed by atoms with E-state index in [0.717, 1.165) is 5.56 Å². The van der Waals surface area contributed by atoms with Crippen LogP contribution in [0.4, 0.5) is 0 Å². The standard InChI is InChI=1S/C16H21NO3/c1-12(15(18)19)17-20-10-6-8-13-7-5-9-14(11-13)16(2,3)4/h5-9,11,17H,1,10H2,2-4H3,(H,18,19). The van der Waals surface area contributed by atoms with Crippen molar-refractivity contribution in [3.63, 3.8) is 0 Å². The van der Waals surface area contributed by atoms with Crippen molar-refractivity contribution in [1.29, 1.82) is 0 Å². The van der Waals surface area contributed by atoms with Gasteiger partial charge in [0.2, 0.25) is 0 Å². The molecule has 0 bridgehead atoms. The minimum atomic E-state index is -1.13. The number of carbonyl (C=O) groups is 1. The van der Waals surface area contributed by atoms with Crippen molar-refractivity contribution in [2.45, 2.75) is 26.2 Å². The summed E-state index contributed by atoms with van der Waals surface area (Å²) < 4.78 is 0. The highest BCUT2D eigenvalue weighted by atomic mass is 16.6. The van der Waals surface area contributed by atoms with Crippen LogP contribution in [0.2, 0.25) is 0 Å². The van der Waals surface area contributed by atoms with Gasteiger partial charge in [-0.15, -0.1) is 0 Å². The summed E-state index contributed by atoms with van der Waals surface area (Å²) in [5, 5.41) is 8.56. The maximum absolute atomic E-state index is 10.5. The Hall–Kier alpha value is -2.07. The van der Waals surface area contributed by atoms with Gasteiger partial charge >= 0.3 is 5.97 Å². The van der Waals surface area contributed by atoms with Crippen LogP contribution in [0.15, 0.2) is 42.6 Å². The molecule has 0 heterocycles. The van der Waals surface area contributed by atoms with Crippen LogP contribution in [0.3, 0.4) is 0 Å². The summed E-state index contributed by atoms with van der Waals surface area (Å²) in [4.78, 5) is 15.4. The molecule has 1 aromatic rings. The number of carboxylic acids is 1. The molecule has 0 saturated heterocycles. The van der Waals surface area contributed by atoms with Gasteiger partial charge in [-0.25, -0.2) is 4.79 Å². The molecule has 0 aromatic heterocycles. The van der Waals surface area contributed by atoms with E-state index in [0.29, 0.717) is 0 Å². The Morgan fingerprint density at radius 3 is 2.75 bits per heavy atom. The van der Waals surface area contributed by atoms with Gasteiger partial charge in [0.25, 0.3) is 0 Å². The minimum absolute atomic E-state index is 0.112. The first-order chi connectivity index (χ1) is 9.30. The molecule has 0 atom stereocenters. The van der Waals surface area contributed by atoms with Crippen molar-refractivity contribution in [3.05, 3.63) is 53.7 Å². The molecule has 0 spiro atoms. The Morgan fingerprint density at radius 1 is 1.45 bits per heavy atom. The van der Waals surface area contributed by atoms with Crippen LogP contribution >= 0.6 is 0 Å². The Morgan fingerprint density at radius 2 is 2.15 bits per heavy atom. The Kier molecular flexibility index (Phi) is 5.53. The monoisotopic (exact) mass is 275 g/mol. The van der Waals surface area contributed by atoms with Crippen LogP contribution in [-0.4, -0.2) is 17.7 Å². The quantitative estimate of drug-likeness (QED) is 0.476. The zero-order valence-corrected chi connectivity index (χ0v) is 12.1. The molecule has 1 aromatic carbocycles. The summed E-state index contributed by atoms with van der Waals surface area (Å²) in [5.41, 5.74) is 4.53. The Labute approximate surface area is 119 Å². The summed E-state index contributed by atoms with van der Waals surface area (Å²) >= 11 is 0. The maximum Gasteiger partial charge on any atom is 0.353 e. The van der Waals surface area contributed by atoms with Gasteiger partial charge < -0.3 is 5.11 Å². The number of rotatable bonds is 6. The van der Waals surface area contributed by atoms with E-state index in [1.807, 2.05) is 24.3 Å². The van der Waals surface area contributed by atoms with Crippen molar-refractivity contribution in [3.8, 4) is 0 Å². The van der Waals surface area contributed by atoms with Crippen molar-refractivity contribution in [1.82, 2.24) is 5.48 Å². The predicted octanol–water partition coefficient (Wildman–Crippen LogP) is 3.12. The normalized spacial score (nSPS) is 11.6. The number of aliphatic carboxylic acids is 1. The minimum Gasteiger partial charge on any atom is -0.477 e. The molecule has 0 aliphatic carbocycles. The SMILES string of the molecule is C=C(NOCC=Cc1cccc(C(C)(C)C)c1)C(=O)O. The molecular formula is C16H21NO3. The lowest BCUT2D eigenvalue weighted by Gasteiger charge is -2.19. The number of benzene rings is 1. The van der Waals surface area contributed by atoms with E-state index in [1.165, 1.54) is 5.56 Å². The van der Waals surface area contributed by atoms with Crippen LogP contribution in [0.25, 0.3) is 6.08 Å². The predicted molar refractivity (Wildman–Crippen MR) is 80.0 cm³/mol. The summed E-state index contributed by atoms with van der Waals surface area (Å²) in [6.45, 7) is 10.0. The lowest BCUT2D eigenvalue weighted by molar-refractivity contribution is -0.134. The molecule has 0 unspecified atom stereocenters. The molecule has 0 radical (unpaired) electrons. The first kappa shape index (κ1) is 16.0. The van der Waals surface area contributed by atoms with Crippen LogP contribution in [0, 0.1) is 0 Å². The van der Waals surface area contributed by atoms with Crippen molar-refractivity contribution in [2.24, 2.45) is 0 Å². The second-order valence-corrected chi connectivity index (χ2v) is 5.47. The molecule has 108 valence electrons. The molecule has 2 N–H and O–H groups in total. The van der Waals surface area contributed by atoms with Crippen molar-refractivity contribution >= 4 is 12.0 Å². The summed E-state index contributed by atoms with van der Waals surface area (Å²) in [6.07, 6.45) is 3.74. The van der Waals surface area contributed by atoms with Crippen LogP contribution in [0.1, 0.15) is 31.9 Å². The molecule has 0 aliphatic rings. The summed E-state index contributed by atoms with van der Waals surface area (Å²) in [7, 11) is 0. The van der Waals surface area contributed by atoms with Gasteiger partial charge in [-0.05, 0) is 16.5 Å². The van der Waals surface area contributed by atoms with E-state index < -0.39 is 5.97 Å². The van der Waals surface area contributed by atoms with E-state index in [9.17, 15) is 4.79 Å². The molecule has 1 rings (SSSR count). The highest BCUT2D eigenvalue weighted by molar-refractivity contribution is 5.84. The highest BCUT2D eigenvalue weighted by Gasteiger charge is 2.12. The second-order valence-electron chi connectivity index (χ2n) is 5.47. The fraction of sp³-hybridized carbons (Fsp3) is 0.312. The topological polar surface area (TPSA) is 58.6 Å². The third kappa shape index (κ3) is 5.28. The third-order valence-electron chi connectivity index (χ3n) is 2.70. The number of carboxylic acid groups (broad SMARTS) is 1. The maximum atomic E-state index is 10.5. The van der Waals surface area contributed by atoms with Crippen molar-refractivity contribution < 1.29 is 14.7 Å². The van der Waals surface area contributed by atoms with Gasteiger partial charge in [0.05, 0.1) is 6.61 Å². The lowest BCUT2D eigenvalue weighted by Crippen LogP contribution is -2.19. The fourth-order valence-corrected chi connectivity index (χ4v) is 1.51.